The number of rotatable bonds is 4. The van der Waals surface area contributed by atoms with Crippen molar-refractivity contribution < 1.29 is 8.42 Å². The summed E-state index contributed by atoms with van der Waals surface area (Å²) in [6.07, 6.45) is 0. The van der Waals surface area contributed by atoms with E-state index in [0.717, 1.165) is 16.9 Å². The molecule has 108 valence electrons. The standard InChI is InChI=1S/C12H12Cl2N2O2S2/c1-7(9-3-5-10(13)6-4-9)16-20(17,18)11-8(2)15-12(14)19-11/h3-7,16H,1-2H3. The SMILES string of the molecule is Cc1nc(Cl)sc1S(=O)(=O)NC(C)c1ccc(Cl)cc1. The molecule has 2 aromatic rings. The third kappa shape index (κ3) is 3.51. The van der Waals surface area contributed by atoms with Gasteiger partial charge >= 0.3 is 0 Å². The van der Waals surface area contributed by atoms with Gasteiger partial charge in [-0.15, -0.1) is 0 Å². The number of nitrogens with zero attached hydrogens (tertiary/aromatic N) is 1. The van der Waals surface area contributed by atoms with Crippen molar-refractivity contribution >= 4 is 44.6 Å². The average molecular weight is 351 g/mol. The van der Waals surface area contributed by atoms with Crippen molar-refractivity contribution in [1.82, 2.24) is 9.71 Å². The summed E-state index contributed by atoms with van der Waals surface area (Å²) < 4.78 is 27.5. The van der Waals surface area contributed by atoms with Crippen molar-refractivity contribution in [3.05, 3.63) is 45.0 Å². The lowest BCUT2D eigenvalue weighted by Gasteiger charge is -2.14. The molecule has 1 aromatic carbocycles. The fourth-order valence-corrected chi connectivity index (χ4v) is 4.82. The van der Waals surface area contributed by atoms with Crippen LogP contribution in [0.15, 0.2) is 28.5 Å². The maximum atomic E-state index is 12.3. The number of aryl methyl sites for hydroxylation is 1. The van der Waals surface area contributed by atoms with Crippen molar-refractivity contribution in [2.45, 2.75) is 24.1 Å². The second kappa shape index (κ2) is 5.99. The average Bonchev–Trinajstić information content (AvgIpc) is 2.69. The highest BCUT2D eigenvalue weighted by molar-refractivity contribution is 7.91. The molecule has 0 radical (unpaired) electrons. The molecular weight excluding hydrogens is 339 g/mol. The van der Waals surface area contributed by atoms with E-state index in [-0.39, 0.29) is 14.7 Å². The van der Waals surface area contributed by atoms with Crippen LogP contribution in [0.1, 0.15) is 24.2 Å². The zero-order chi connectivity index (χ0) is 14.9. The molecule has 2 rings (SSSR count). The molecule has 1 heterocycles. The van der Waals surface area contributed by atoms with Gasteiger partial charge in [0.05, 0.1) is 5.69 Å². The van der Waals surface area contributed by atoms with Crippen LogP contribution in [0.3, 0.4) is 0 Å². The number of halogens is 2. The molecule has 0 aliphatic heterocycles. The van der Waals surface area contributed by atoms with Gasteiger partial charge in [0.1, 0.15) is 0 Å². The predicted molar refractivity (Wildman–Crippen MR) is 82.0 cm³/mol. The van der Waals surface area contributed by atoms with E-state index in [1.807, 2.05) is 0 Å². The van der Waals surface area contributed by atoms with Crippen molar-refractivity contribution in [3.63, 3.8) is 0 Å². The fourth-order valence-electron chi connectivity index (χ4n) is 1.71. The Bertz CT molecular complexity index is 712. The Morgan fingerprint density at radius 1 is 1.25 bits per heavy atom. The molecule has 0 saturated carbocycles. The molecule has 1 N–H and O–H groups in total. The number of nitrogens with one attached hydrogen (secondary N) is 1. The first-order chi connectivity index (χ1) is 9.29. The first-order valence-corrected chi connectivity index (χ1v) is 8.76. The van der Waals surface area contributed by atoms with Crippen molar-refractivity contribution in [2.75, 3.05) is 0 Å². The monoisotopic (exact) mass is 350 g/mol. The van der Waals surface area contributed by atoms with Gasteiger partial charge < -0.3 is 0 Å². The first-order valence-electron chi connectivity index (χ1n) is 5.70. The largest absolute Gasteiger partial charge is 0.252 e. The van der Waals surface area contributed by atoms with E-state index in [9.17, 15) is 8.42 Å². The van der Waals surface area contributed by atoms with Gasteiger partial charge in [0.2, 0.25) is 0 Å². The Balaban J connectivity index is 2.24. The molecule has 4 nitrogen and oxygen atoms in total. The molecule has 0 fully saturated rings. The lowest BCUT2D eigenvalue weighted by Crippen LogP contribution is -2.26. The van der Waals surface area contributed by atoms with Gasteiger partial charge in [-0.1, -0.05) is 46.7 Å². The molecule has 1 atom stereocenters. The summed E-state index contributed by atoms with van der Waals surface area (Å²) >= 11 is 12.5. The molecular formula is C12H12Cl2N2O2S2. The minimum absolute atomic E-state index is 0.142. The fraction of sp³-hybridized carbons (Fsp3) is 0.250. The van der Waals surface area contributed by atoms with Gasteiger partial charge in [0.15, 0.2) is 8.68 Å². The maximum Gasteiger partial charge on any atom is 0.252 e. The Morgan fingerprint density at radius 2 is 1.85 bits per heavy atom. The number of thiazole rings is 1. The molecule has 1 aromatic heterocycles. The van der Waals surface area contributed by atoms with Gasteiger partial charge in [-0.2, -0.15) is 0 Å². The third-order valence-electron chi connectivity index (χ3n) is 2.67. The highest BCUT2D eigenvalue weighted by Gasteiger charge is 2.23. The minimum atomic E-state index is -3.64. The van der Waals surface area contributed by atoms with E-state index in [1.54, 1.807) is 38.1 Å². The van der Waals surface area contributed by atoms with Crippen LogP contribution in [0.4, 0.5) is 0 Å². The molecule has 0 bridgehead atoms. The Kier molecular flexibility index (Phi) is 4.71. The summed E-state index contributed by atoms with van der Waals surface area (Å²) in [5.41, 5.74) is 1.22. The number of sulfonamides is 1. The van der Waals surface area contributed by atoms with E-state index < -0.39 is 10.0 Å². The van der Waals surface area contributed by atoms with Crippen LogP contribution in [0.2, 0.25) is 9.49 Å². The molecule has 8 heteroatoms. The summed E-state index contributed by atoms with van der Waals surface area (Å²) in [6, 6.07) is 6.62. The Labute approximate surface area is 131 Å². The van der Waals surface area contributed by atoms with E-state index >= 15 is 0 Å². The van der Waals surface area contributed by atoms with Crippen molar-refractivity contribution in [3.8, 4) is 0 Å². The summed E-state index contributed by atoms with van der Waals surface area (Å²) in [4.78, 5) is 3.92. The van der Waals surface area contributed by atoms with Crippen LogP contribution in [0.25, 0.3) is 0 Å². The number of benzene rings is 1. The Morgan fingerprint density at radius 3 is 2.35 bits per heavy atom. The van der Waals surface area contributed by atoms with Crippen LogP contribution in [-0.4, -0.2) is 13.4 Å². The number of hydrogen-bond donors (Lipinski definition) is 1. The summed E-state index contributed by atoms with van der Waals surface area (Å²) in [7, 11) is -3.64. The predicted octanol–water partition coefficient (Wildman–Crippen LogP) is 3.80. The minimum Gasteiger partial charge on any atom is -0.229 e. The molecule has 0 aliphatic carbocycles. The van der Waals surface area contributed by atoms with Crippen LogP contribution in [-0.2, 0) is 10.0 Å². The lowest BCUT2D eigenvalue weighted by molar-refractivity contribution is 0.568. The van der Waals surface area contributed by atoms with Gasteiger partial charge in [0, 0.05) is 11.1 Å². The smallest absolute Gasteiger partial charge is 0.229 e. The zero-order valence-corrected chi connectivity index (χ0v) is 13.9. The molecule has 1 unspecified atom stereocenters. The van der Waals surface area contributed by atoms with Crippen LogP contribution >= 0.6 is 34.5 Å². The van der Waals surface area contributed by atoms with Crippen LogP contribution in [0, 0.1) is 6.92 Å². The summed E-state index contributed by atoms with van der Waals surface area (Å²) in [6.45, 7) is 3.38. The van der Waals surface area contributed by atoms with Gasteiger partial charge in [-0.05, 0) is 31.5 Å². The molecule has 0 saturated heterocycles. The van der Waals surface area contributed by atoms with E-state index in [1.165, 1.54) is 0 Å². The van der Waals surface area contributed by atoms with Gasteiger partial charge in [-0.25, -0.2) is 18.1 Å². The molecule has 0 amide bonds. The van der Waals surface area contributed by atoms with Crippen LogP contribution in [0.5, 0.6) is 0 Å². The lowest BCUT2D eigenvalue weighted by atomic mass is 10.1. The zero-order valence-electron chi connectivity index (χ0n) is 10.7. The van der Waals surface area contributed by atoms with Crippen LogP contribution < -0.4 is 4.72 Å². The molecule has 0 spiro atoms. The van der Waals surface area contributed by atoms with E-state index in [0.29, 0.717) is 10.7 Å². The third-order valence-corrected chi connectivity index (χ3v) is 6.34. The van der Waals surface area contributed by atoms with E-state index in [4.69, 9.17) is 23.2 Å². The van der Waals surface area contributed by atoms with Gasteiger partial charge in [-0.3, -0.25) is 0 Å². The van der Waals surface area contributed by atoms with Gasteiger partial charge in [0.25, 0.3) is 10.0 Å². The maximum absolute atomic E-state index is 12.3. The molecule has 20 heavy (non-hydrogen) atoms. The quantitative estimate of drug-likeness (QED) is 0.912. The first kappa shape index (κ1) is 15.7. The molecule has 0 aliphatic rings. The number of hydrogen-bond acceptors (Lipinski definition) is 4. The Hall–Kier alpha value is -0.660. The normalized spacial score (nSPS) is 13.4. The van der Waals surface area contributed by atoms with E-state index in [2.05, 4.69) is 9.71 Å². The second-order valence-corrected chi connectivity index (χ2v) is 8.16. The highest BCUT2D eigenvalue weighted by atomic mass is 35.5. The van der Waals surface area contributed by atoms with Crippen molar-refractivity contribution in [2.24, 2.45) is 0 Å². The highest BCUT2D eigenvalue weighted by Crippen LogP contribution is 2.28. The summed E-state index contributed by atoms with van der Waals surface area (Å²) in [5.74, 6) is 0. The topological polar surface area (TPSA) is 59.1 Å². The second-order valence-electron chi connectivity index (χ2n) is 4.23. The number of aromatic nitrogens is 1. The van der Waals surface area contributed by atoms with Crippen molar-refractivity contribution in [1.29, 1.82) is 0 Å². The summed E-state index contributed by atoms with van der Waals surface area (Å²) in [5, 5.41) is 0.605.